The first-order chi connectivity index (χ1) is 7.22. The second-order valence-electron chi connectivity index (χ2n) is 3.92. The molecule has 0 saturated carbocycles. The zero-order valence-electron chi connectivity index (χ0n) is 8.95. The molecule has 0 bridgehead atoms. The molecule has 0 aliphatic rings. The van der Waals surface area contributed by atoms with Gasteiger partial charge >= 0.3 is 0 Å². The summed E-state index contributed by atoms with van der Waals surface area (Å²) in [6, 6.07) is 7.98. The van der Waals surface area contributed by atoms with Crippen molar-refractivity contribution in [1.29, 1.82) is 0 Å². The minimum atomic E-state index is 0.685. The molecule has 1 N–H and O–H groups in total. The molecule has 15 heavy (non-hydrogen) atoms. The first-order valence-corrected chi connectivity index (χ1v) is 4.92. The third kappa shape index (κ3) is 1.78. The van der Waals surface area contributed by atoms with Crippen molar-refractivity contribution in [2.24, 2.45) is 0 Å². The minimum absolute atomic E-state index is 0.685. The van der Waals surface area contributed by atoms with Crippen molar-refractivity contribution in [2.45, 2.75) is 6.54 Å². The highest BCUT2D eigenvalue weighted by Crippen LogP contribution is 2.22. The summed E-state index contributed by atoms with van der Waals surface area (Å²) in [6.45, 7) is 0.776. The molecule has 0 aliphatic carbocycles. The van der Waals surface area contributed by atoms with E-state index in [9.17, 15) is 4.79 Å². The number of benzene rings is 1. The number of nitrogens with one attached hydrogen (secondary N) is 1. The lowest BCUT2D eigenvalue weighted by Gasteiger charge is -2.08. The van der Waals surface area contributed by atoms with Crippen LogP contribution in [0.4, 0.5) is 0 Å². The molecule has 0 atom stereocenters. The molecule has 1 aromatic carbocycles. The molecule has 0 radical (unpaired) electrons. The van der Waals surface area contributed by atoms with Crippen LogP contribution >= 0.6 is 0 Å². The Labute approximate surface area is 88.7 Å². The predicted molar refractivity (Wildman–Crippen MR) is 61.1 cm³/mol. The summed E-state index contributed by atoms with van der Waals surface area (Å²) < 4.78 is 0. The van der Waals surface area contributed by atoms with Crippen molar-refractivity contribution in [3.63, 3.8) is 0 Å². The second kappa shape index (κ2) is 3.87. The highest BCUT2D eigenvalue weighted by atomic mass is 16.1. The van der Waals surface area contributed by atoms with Crippen molar-refractivity contribution in [1.82, 2.24) is 9.88 Å². The smallest absolute Gasteiger partial charge is 0.166 e. The number of aldehydes is 1. The number of H-pyrrole nitrogens is 1. The number of aromatic amines is 1. The van der Waals surface area contributed by atoms with Crippen LogP contribution in [0.25, 0.3) is 10.9 Å². The highest BCUT2D eigenvalue weighted by molar-refractivity contribution is 5.92. The van der Waals surface area contributed by atoms with Gasteiger partial charge in [-0.15, -0.1) is 0 Å². The van der Waals surface area contributed by atoms with Crippen LogP contribution in [0.5, 0.6) is 0 Å². The van der Waals surface area contributed by atoms with Gasteiger partial charge in [-0.3, -0.25) is 4.79 Å². The molecule has 3 nitrogen and oxygen atoms in total. The van der Waals surface area contributed by atoms with E-state index in [1.165, 1.54) is 0 Å². The number of nitrogens with zero attached hydrogens (tertiary/aromatic N) is 1. The van der Waals surface area contributed by atoms with Crippen molar-refractivity contribution >= 4 is 17.2 Å². The number of aromatic nitrogens is 1. The average molecular weight is 202 g/mol. The van der Waals surface area contributed by atoms with Crippen molar-refractivity contribution in [3.05, 3.63) is 35.5 Å². The molecule has 1 aromatic heterocycles. The number of para-hydroxylation sites is 1. The Morgan fingerprint density at radius 3 is 2.73 bits per heavy atom. The van der Waals surface area contributed by atoms with Gasteiger partial charge in [-0.25, -0.2) is 0 Å². The quantitative estimate of drug-likeness (QED) is 0.773. The standard InChI is InChI=1S/C12H14N2O/c1-14(2)7-10-9-5-3-4-6-11(9)13-12(10)8-15/h3-6,8,13H,7H2,1-2H3. The third-order valence-corrected chi connectivity index (χ3v) is 2.44. The van der Waals surface area contributed by atoms with E-state index < -0.39 is 0 Å². The third-order valence-electron chi connectivity index (χ3n) is 2.44. The largest absolute Gasteiger partial charge is 0.352 e. The molecule has 0 aliphatic heterocycles. The molecule has 2 rings (SSSR count). The van der Waals surface area contributed by atoms with Crippen molar-refractivity contribution < 1.29 is 4.79 Å². The summed E-state index contributed by atoms with van der Waals surface area (Å²) in [7, 11) is 3.99. The fourth-order valence-electron chi connectivity index (χ4n) is 1.81. The van der Waals surface area contributed by atoms with E-state index in [1.807, 2.05) is 38.4 Å². The van der Waals surface area contributed by atoms with Crippen LogP contribution in [0.1, 0.15) is 16.1 Å². The number of hydrogen-bond acceptors (Lipinski definition) is 2. The number of carbonyl (C=O) groups excluding carboxylic acids is 1. The molecular weight excluding hydrogens is 188 g/mol. The Balaban J connectivity index is 2.61. The van der Waals surface area contributed by atoms with E-state index in [-0.39, 0.29) is 0 Å². The maximum atomic E-state index is 10.9. The maximum Gasteiger partial charge on any atom is 0.166 e. The topological polar surface area (TPSA) is 36.1 Å². The van der Waals surface area contributed by atoms with Gasteiger partial charge in [0, 0.05) is 23.0 Å². The zero-order chi connectivity index (χ0) is 10.8. The van der Waals surface area contributed by atoms with Gasteiger partial charge in [0.1, 0.15) is 0 Å². The maximum absolute atomic E-state index is 10.9. The van der Waals surface area contributed by atoms with E-state index in [0.717, 1.165) is 29.3 Å². The van der Waals surface area contributed by atoms with E-state index in [4.69, 9.17) is 0 Å². The van der Waals surface area contributed by atoms with Crippen LogP contribution in [0.15, 0.2) is 24.3 Å². The van der Waals surface area contributed by atoms with E-state index in [2.05, 4.69) is 9.88 Å². The molecule has 0 unspecified atom stereocenters. The van der Waals surface area contributed by atoms with E-state index in [0.29, 0.717) is 5.69 Å². The number of rotatable bonds is 3. The lowest BCUT2D eigenvalue weighted by atomic mass is 10.1. The summed E-state index contributed by atoms with van der Waals surface area (Å²) in [4.78, 5) is 16.1. The van der Waals surface area contributed by atoms with Gasteiger partial charge in [-0.05, 0) is 20.2 Å². The Kier molecular flexibility index (Phi) is 2.56. The molecular formula is C12H14N2O. The lowest BCUT2D eigenvalue weighted by molar-refractivity contribution is 0.111. The summed E-state index contributed by atoms with van der Waals surface area (Å²) in [6.07, 6.45) is 0.888. The summed E-state index contributed by atoms with van der Waals surface area (Å²) in [5, 5.41) is 1.13. The Bertz CT molecular complexity index is 485. The van der Waals surface area contributed by atoms with Gasteiger partial charge < -0.3 is 9.88 Å². The van der Waals surface area contributed by atoms with E-state index >= 15 is 0 Å². The van der Waals surface area contributed by atoms with Gasteiger partial charge in [-0.1, -0.05) is 18.2 Å². The summed E-state index contributed by atoms with van der Waals surface area (Å²) in [5.74, 6) is 0. The minimum Gasteiger partial charge on any atom is -0.352 e. The molecule has 0 fully saturated rings. The number of carbonyl (C=O) groups is 1. The first-order valence-electron chi connectivity index (χ1n) is 4.92. The Morgan fingerprint density at radius 1 is 1.33 bits per heavy atom. The van der Waals surface area contributed by atoms with Crippen molar-refractivity contribution in [2.75, 3.05) is 14.1 Å². The van der Waals surface area contributed by atoms with Gasteiger partial charge in [-0.2, -0.15) is 0 Å². The predicted octanol–water partition coefficient (Wildman–Crippen LogP) is 2.04. The van der Waals surface area contributed by atoms with Crippen LogP contribution < -0.4 is 0 Å². The molecule has 2 aromatic rings. The van der Waals surface area contributed by atoms with Crippen LogP contribution in [0, 0.1) is 0 Å². The van der Waals surface area contributed by atoms with Gasteiger partial charge in [0.25, 0.3) is 0 Å². The van der Waals surface area contributed by atoms with Crippen LogP contribution in [-0.2, 0) is 6.54 Å². The average Bonchev–Trinajstić information content (AvgIpc) is 2.56. The van der Waals surface area contributed by atoms with Crippen LogP contribution in [-0.4, -0.2) is 30.3 Å². The number of hydrogen-bond donors (Lipinski definition) is 1. The van der Waals surface area contributed by atoms with Crippen molar-refractivity contribution in [3.8, 4) is 0 Å². The SMILES string of the molecule is CN(C)Cc1c(C=O)[nH]c2ccccc12. The zero-order valence-corrected chi connectivity index (χ0v) is 8.95. The first kappa shape index (κ1) is 9.93. The van der Waals surface area contributed by atoms with E-state index in [1.54, 1.807) is 0 Å². The molecule has 1 heterocycles. The molecule has 0 spiro atoms. The van der Waals surface area contributed by atoms with Crippen LogP contribution in [0.3, 0.4) is 0 Å². The molecule has 3 heteroatoms. The van der Waals surface area contributed by atoms with Gasteiger partial charge in [0.05, 0.1) is 5.69 Å². The molecule has 0 saturated heterocycles. The van der Waals surface area contributed by atoms with Crippen LogP contribution in [0.2, 0.25) is 0 Å². The molecule has 0 amide bonds. The fraction of sp³-hybridized carbons (Fsp3) is 0.250. The second-order valence-corrected chi connectivity index (χ2v) is 3.92. The summed E-state index contributed by atoms with van der Waals surface area (Å²) >= 11 is 0. The summed E-state index contributed by atoms with van der Waals surface area (Å²) in [5.41, 5.74) is 2.78. The Morgan fingerprint density at radius 2 is 2.07 bits per heavy atom. The monoisotopic (exact) mass is 202 g/mol. The molecule has 78 valence electrons. The lowest BCUT2D eigenvalue weighted by Crippen LogP contribution is -2.11. The van der Waals surface area contributed by atoms with Gasteiger partial charge in [0.2, 0.25) is 0 Å². The Hall–Kier alpha value is -1.61. The highest BCUT2D eigenvalue weighted by Gasteiger charge is 2.10. The van der Waals surface area contributed by atoms with Gasteiger partial charge in [0.15, 0.2) is 6.29 Å². The normalized spacial score (nSPS) is 11.1. The number of fused-ring (bicyclic) bond motifs is 1. The fourth-order valence-corrected chi connectivity index (χ4v) is 1.81.